The van der Waals surface area contributed by atoms with Gasteiger partial charge in [0.2, 0.25) is 0 Å². The fourth-order valence-electron chi connectivity index (χ4n) is 13.6. The lowest BCUT2D eigenvalue weighted by Gasteiger charge is -2.21. The molecule has 0 bridgehead atoms. The highest BCUT2D eigenvalue weighted by Crippen LogP contribution is 2.45. The molecule has 0 aliphatic rings. The molecule has 0 heterocycles. The van der Waals surface area contributed by atoms with Crippen molar-refractivity contribution in [2.75, 3.05) is 39.6 Å². The van der Waals surface area contributed by atoms with Crippen LogP contribution >= 0.6 is 15.6 Å². The molecule has 0 saturated heterocycles. The zero-order valence-corrected chi connectivity index (χ0v) is 71.4. The molecule has 0 amide bonds. The van der Waals surface area contributed by atoms with E-state index < -0.39 is 97.5 Å². The summed E-state index contributed by atoms with van der Waals surface area (Å²) in [4.78, 5) is 73.3. The van der Waals surface area contributed by atoms with Crippen LogP contribution in [0.25, 0.3) is 0 Å². The third-order valence-corrected chi connectivity index (χ3v) is 22.8. The van der Waals surface area contributed by atoms with Crippen molar-refractivity contribution in [1.29, 1.82) is 0 Å². The number of carbonyl (C=O) groups is 4. The minimum Gasteiger partial charge on any atom is -0.462 e. The highest BCUT2D eigenvalue weighted by atomic mass is 31.2. The fraction of sp³-hybridized carbons (Fsp3) is 0.954. The van der Waals surface area contributed by atoms with E-state index in [0.29, 0.717) is 25.7 Å². The number of aliphatic hydroxyl groups excluding tert-OH is 1. The zero-order chi connectivity index (χ0) is 77.6. The first kappa shape index (κ1) is 104. The van der Waals surface area contributed by atoms with E-state index in [9.17, 15) is 43.2 Å². The highest BCUT2D eigenvalue weighted by molar-refractivity contribution is 7.47. The predicted molar refractivity (Wildman–Crippen MR) is 437 cm³/mol. The van der Waals surface area contributed by atoms with Crippen LogP contribution in [0.4, 0.5) is 0 Å². The minimum atomic E-state index is -4.97. The van der Waals surface area contributed by atoms with Crippen molar-refractivity contribution in [2.45, 2.75) is 490 Å². The summed E-state index contributed by atoms with van der Waals surface area (Å²) in [6.07, 6.45) is 73.4. The van der Waals surface area contributed by atoms with Gasteiger partial charge >= 0.3 is 39.5 Å². The molecule has 0 aromatic rings. The van der Waals surface area contributed by atoms with Crippen LogP contribution in [-0.2, 0) is 65.4 Å². The van der Waals surface area contributed by atoms with Crippen LogP contribution < -0.4 is 0 Å². The molecule has 0 aromatic carbocycles. The normalized spacial score (nSPS) is 14.0. The van der Waals surface area contributed by atoms with Crippen molar-refractivity contribution in [3.63, 3.8) is 0 Å². The third kappa shape index (κ3) is 78.7. The minimum absolute atomic E-state index is 0.109. The number of phosphoric acid groups is 2. The molecule has 0 radical (unpaired) electrons. The molecule has 17 nitrogen and oxygen atoms in total. The quantitative estimate of drug-likeness (QED) is 0.0222. The lowest BCUT2D eigenvalue weighted by molar-refractivity contribution is -0.161. The molecule has 3 N–H and O–H groups in total. The molecule has 0 aliphatic carbocycles. The summed E-state index contributed by atoms with van der Waals surface area (Å²) in [5, 5.41) is 10.7. The van der Waals surface area contributed by atoms with Gasteiger partial charge in [-0.05, 0) is 31.6 Å². The Balaban J connectivity index is 5.23. The molecular formula is C87H170O17P2. The Morgan fingerprint density at radius 2 is 0.453 bits per heavy atom. The maximum Gasteiger partial charge on any atom is 0.472 e. The SMILES string of the molecule is CCCCCCCCCCCCCCCCCCCCC(=O)OC[C@H](COP(=O)(O)OC[C@@H](O)COP(=O)(O)OC[C@@H](COC(=O)CCCCCCCCCCCCCC)OC(=O)CCCCCCCCCCCCCCCC)OC(=O)CCCCCCCCCCCCCCCCCCCCC(C)CC. The standard InChI is InChI=1S/C87H170O17P2/c1-6-10-13-16-19-22-25-28-30-31-35-38-42-46-51-56-61-66-71-85(90)98-77-83(104-87(92)73-68-63-58-53-48-43-39-36-33-32-34-37-40-44-49-54-59-64-69-80(5)9-4)79-102-106(95,96)100-75-81(88)74-99-105(93,94)101-78-82(76-97-84(89)70-65-60-55-50-45-27-24-21-18-15-12-8-3)103-86(91)72-67-62-57-52-47-41-29-26-23-20-17-14-11-7-2/h80-83,88H,6-79H2,1-5H3,(H,93,94)(H,95,96)/t80?,81-,82+,83+/m0/s1. The van der Waals surface area contributed by atoms with E-state index in [0.717, 1.165) is 95.8 Å². The van der Waals surface area contributed by atoms with Gasteiger partial charge in [0, 0.05) is 25.7 Å². The van der Waals surface area contributed by atoms with Gasteiger partial charge in [0.25, 0.3) is 0 Å². The van der Waals surface area contributed by atoms with Crippen molar-refractivity contribution >= 4 is 39.5 Å². The Kier molecular flexibility index (Phi) is 78.2. The van der Waals surface area contributed by atoms with Gasteiger partial charge in [-0.25, -0.2) is 9.13 Å². The molecule has 0 rings (SSSR count). The van der Waals surface area contributed by atoms with Gasteiger partial charge in [0.15, 0.2) is 12.2 Å². The number of hydrogen-bond donors (Lipinski definition) is 3. The summed E-state index contributed by atoms with van der Waals surface area (Å²) >= 11 is 0. The van der Waals surface area contributed by atoms with E-state index >= 15 is 0 Å². The predicted octanol–water partition coefficient (Wildman–Crippen LogP) is 26.8. The number of unbranched alkanes of at least 4 members (excludes halogenated alkanes) is 58. The Morgan fingerprint density at radius 1 is 0.264 bits per heavy atom. The van der Waals surface area contributed by atoms with E-state index in [4.69, 9.17) is 37.0 Å². The van der Waals surface area contributed by atoms with Crippen LogP contribution in [0.3, 0.4) is 0 Å². The van der Waals surface area contributed by atoms with Gasteiger partial charge in [-0.2, -0.15) is 0 Å². The lowest BCUT2D eigenvalue weighted by atomic mass is 9.99. The number of aliphatic hydroxyl groups is 1. The number of hydrogen-bond acceptors (Lipinski definition) is 15. The van der Waals surface area contributed by atoms with Crippen molar-refractivity contribution in [2.24, 2.45) is 5.92 Å². The van der Waals surface area contributed by atoms with Crippen LogP contribution in [0.1, 0.15) is 471 Å². The van der Waals surface area contributed by atoms with Crippen molar-refractivity contribution < 1.29 is 80.2 Å². The van der Waals surface area contributed by atoms with Crippen LogP contribution in [0.2, 0.25) is 0 Å². The molecule has 19 heteroatoms. The van der Waals surface area contributed by atoms with Crippen LogP contribution in [-0.4, -0.2) is 96.7 Å². The topological polar surface area (TPSA) is 237 Å². The molecular weight excluding hydrogens is 1380 g/mol. The van der Waals surface area contributed by atoms with Gasteiger partial charge in [0.05, 0.1) is 26.4 Å². The largest absolute Gasteiger partial charge is 0.472 e. The maximum atomic E-state index is 13.2. The van der Waals surface area contributed by atoms with Gasteiger partial charge in [-0.1, -0.05) is 420 Å². The first-order chi connectivity index (χ1) is 51.6. The number of phosphoric ester groups is 2. The number of rotatable bonds is 87. The molecule has 0 saturated carbocycles. The summed E-state index contributed by atoms with van der Waals surface area (Å²) in [6.45, 7) is 7.44. The average molecular weight is 1550 g/mol. The van der Waals surface area contributed by atoms with Crippen molar-refractivity contribution in [1.82, 2.24) is 0 Å². The Hall–Kier alpha value is -1.94. The second-order valence-electron chi connectivity index (χ2n) is 31.5. The number of carbonyl (C=O) groups excluding carboxylic acids is 4. The van der Waals surface area contributed by atoms with Crippen LogP contribution in [0.5, 0.6) is 0 Å². The van der Waals surface area contributed by atoms with E-state index in [1.54, 1.807) is 0 Å². The smallest absolute Gasteiger partial charge is 0.462 e. The van der Waals surface area contributed by atoms with Crippen LogP contribution in [0, 0.1) is 5.92 Å². The van der Waals surface area contributed by atoms with E-state index in [1.807, 2.05) is 0 Å². The van der Waals surface area contributed by atoms with Gasteiger partial charge in [-0.3, -0.25) is 37.3 Å². The van der Waals surface area contributed by atoms with Crippen LogP contribution in [0.15, 0.2) is 0 Å². The van der Waals surface area contributed by atoms with Gasteiger partial charge in [0.1, 0.15) is 19.3 Å². The molecule has 630 valence electrons. The zero-order valence-electron chi connectivity index (χ0n) is 69.6. The average Bonchev–Trinajstić information content (AvgIpc) is 0.950. The van der Waals surface area contributed by atoms with Crippen molar-refractivity contribution in [3.8, 4) is 0 Å². The molecule has 6 atom stereocenters. The summed E-state index contributed by atoms with van der Waals surface area (Å²) < 4.78 is 68.9. The van der Waals surface area contributed by atoms with Gasteiger partial charge in [-0.15, -0.1) is 0 Å². The van der Waals surface area contributed by atoms with E-state index in [-0.39, 0.29) is 25.7 Å². The first-order valence-corrected chi connectivity index (χ1v) is 48.2. The lowest BCUT2D eigenvalue weighted by Crippen LogP contribution is -2.30. The maximum absolute atomic E-state index is 13.2. The molecule has 3 unspecified atom stereocenters. The Morgan fingerprint density at radius 3 is 0.670 bits per heavy atom. The summed E-state index contributed by atoms with van der Waals surface area (Å²) in [7, 11) is -9.93. The Bertz CT molecular complexity index is 2020. The van der Waals surface area contributed by atoms with Crippen molar-refractivity contribution in [3.05, 3.63) is 0 Å². The second-order valence-corrected chi connectivity index (χ2v) is 34.4. The second kappa shape index (κ2) is 79.7. The molecule has 0 spiro atoms. The van der Waals surface area contributed by atoms with Gasteiger partial charge < -0.3 is 33.8 Å². The first-order valence-electron chi connectivity index (χ1n) is 45.2. The van der Waals surface area contributed by atoms with E-state index in [1.165, 1.54) is 295 Å². The monoisotopic (exact) mass is 1550 g/mol. The summed E-state index contributed by atoms with van der Waals surface area (Å²) in [5.41, 5.74) is 0. The Labute approximate surface area is 651 Å². The molecule has 0 aromatic heterocycles. The summed E-state index contributed by atoms with van der Waals surface area (Å²) in [5.74, 6) is -1.22. The number of esters is 4. The molecule has 0 aliphatic heterocycles. The summed E-state index contributed by atoms with van der Waals surface area (Å²) in [6, 6.07) is 0. The molecule has 106 heavy (non-hydrogen) atoms. The third-order valence-electron chi connectivity index (χ3n) is 20.9. The fourth-order valence-corrected chi connectivity index (χ4v) is 15.2. The molecule has 0 fully saturated rings. The van der Waals surface area contributed by atoms with E-state index in [2.05, 4.69) is 34.6 Å². The highest BCUT2D eigenvalue weighted by Gasteiger charge is 2.30. The number of ether oxygens (including phenoxy) is 4.